The molecule has 0 bridgehead atoms. The molecule has 0 spiro atoms. The average molecular weight is 401 g/mol. The van der Waals surface area contributed by atoms with E-state index in [1.807, 2.05) is 0 Å². The smallest absolute Gasteiger partial charge is 0.234 e. The van der Waals surface area contributed by atoms with Crippen LogP contribution in [-0.2, 0) is 14.8 Å². The molecule has 1 N–H and O–H groups in total. The molecule has 2 aliphatic heterocycles. The molecule has 3 rings (SSSR count). The van der Waals surface area contributed by atoms with Crippen molar-refractivity contribution in [1.29, 1.82) is 0 Å². The SMILES string of the molecule is C[C@H]1CCC[C@H](NC(=O)CN2CCN(C3CCN(S(C)(=O)=O)CC3)CC2)C1. The highest BCUT2D eigenvalue weighted by Crippen LogP contribution is 2.23. The van der Waals surface area contributed by atoms with Crippen LogP contribution in [0.25, 0.3) is 0 Å². The molecular formula is C19H36N4O3S. The van der Waals surface area contributed by atoms with Crippen LogP contribution in [0.15, 0.2) is 0 Å². The Labute approximate surface area is 164 Å². The first-order valence-corrected chi connectivity index (χ1v) is 12.4. The zero-order valence-electron chi connectivity index (χ0n) is 16.9. The van der Waals surface area contributed by atoms with E-state index in [2.05, 4.69) is 22.0 Å². The average Bonchev–Trinajstić information content (AvgIpc) is 2.62. The lowest BCUT2D eigenvalue weighted by Crippen LogP contribution is -2.55. The maximum absolute atomic E-state index is 12.4. The largest absolute Gasteiger partial charge is 0.352 e. The molecule has 1 amide bonds. The quantitative estimate of drug-likeness (QED) is 0.736. The monoisotopic (exact) mass is 400 g/mol. The van der Waals surface area contributed by atoms with E-state index in [4.69, 9.17) is 0 Å². The van der Waals surface area contributed by atoms with Gasteiger partial charge in [0, 0.05) is 51.4 Å². The fourth-order valence-corrected chi connectivity index (χ4v) is 5.74. The number of hydrogen-bond acceptors (Lipinski definition) is 5. The van der Waals surface area contributed by atoms with Crippen molar-refractivity contribution in [2.24, 2.45) is 5.92 Å². The summed E-state index contributed by atoms with van der Waals surface area (Å²) in [5.74, 6) is 0.894. The van der Waals surface area contributed by atoms with Crippen LogP contribution in [-0.4, -0.2) is 92.6 Å². The summed E-state index contributed by atoms with van der Waals surface area (Å²) in [4.78, 5) is 17.1. The summed E-state index contributed by atoms with van der Waals surface area (Å²) in [6.45, 7) is 7.82. The van der Waals surface area contributed by atoms with Crippen molar-refractivity contribution in [2.75, 3.05) is 52.1 Å². The van der Waals surface area contributed by atoms with Crippen molar-refractivity contribution in [3.8, 4) is 0 Å². The van der Waals surface area contributed by atoms with Gasteiger partial charge in [0.25, 0.3) is 0 Å². The second-order valence-electron chi connectivity index (χ2n) is 8.74. The lowest BCUT2D eigenvalue weighted by atomic mass is 9.87. The third-order valence-electron chi connectivity index (χ3n) is 6.48. The zero-order valence-corrected chi connectivity index (χ0v) is 17.7. The van der Waals surface area contributed by atoms with Crippen molar-refractivity contribution in [1.82, 2.24) is 19.4 Å². The fraction of sp³-hybridized carbons (Fsp3) is 0.947. The van der Waals surface area contributed by atoms with E-state index in [0.717, 1.165) is 57.8 Å². The van der Waals surface area contributed by atoms with E-state index in [-0.39, 0.29) is 5.91 Å². The van der Waals surface area contributed by atoms with Gasteiger partial charge in [0.05, 0.1) is 12.8 Å². The van der Waals surface area contributed by atoms with Gasteiger partial charge in [0.1, 0.15) is 0 Å². The highest BCUT2D eigenvalue weighted by Gasteiger charge is 2.30. The van der Waals surface area contributed by atoms with Gasteiger partial charge in [-0.15, -0.1) is 0 Å². The minimum atomic E-state index is -3.06. The number of rotatable bonds is 5. The van der Waals surface area contributed by atoms with Crippen LogP contribution >= 0.6 is 0 Å². The molecule has 0 aromatic heterocycles. The van der Waals surface area contributed by atoms with Crippen LogP contribution in [0.2, 0.25) is 0 Å². The molecule has 2 heterocycles. The molecule has 0 unspecified atom stereocenters. The molecule has 2 saturated heterocycles. The third-order valence-corrected chi connectivity index (χ3v) is 7.79. The number of piperazine rings is 1. The molecule has 7 nitrogen and oxygen atoms in total. The molecule has 2 atom stereocenters. The Morgan fingerprint density at radius 2 is 1.67 bits per heavy atom. The first-order valence-electron chi connectivity index (χ1n) is 10.5. The summed E-state index contributed by atoms with van der Waals surface area (Å²) >= 11 is 0. The molecule has 0 radical (unpaired) electrons. The summed E-state index contributed by atoms with van der Waals surface area (Å²) in [5.41, 5.74) is 0. The van der Waals surface area contributed by atoms with Crippen LogP contribution < -0.4 is 5.32 Å². The van der Waals surface area contributed by atoms with Crippen LogP contribution in [0.4, 0.5) is 0 Å². The lowest BCUT2D eigenvalue weighted by Gasteiger charge is -2.42. The number of nitrogens with one attached hydrogen (secondary N) is 1. The van der Waals surface area contributed by atoms with Gasteiger partial charge >= 0.3 is 0 Å². The van der Waals surface area contributed by atoms with Gasteiger partial charge < -0.3 is 5.32 Å². The van der Waals surface area contributed by atoms with Crippen LogP contribution in [0, 0.1) is 5.92 Å². The maximum Gasteiger partial charge on any atom is 0.234 e. The van der Waals surface area contributed by atoms with Crippen LogP contribution in [0.5, 0.6) is 0 Å². The number of carbonyl (C=O) groups excluding carboxylic acids is 1. The highest BCUT2D eigenvalue weighted by molar-refractivity contribution is 7.88. The predicted octanol–water partition coefficient (Wildman–Crippen LogP) is 0.723. The van der Waals surface area contributed by atoms with Crippen molar-refractivity contribution in [3.05, 3.63) is 0 Å². The molecule has 1 saturated carbocycles. The Bertz CT molecular complexity index is 596. The van der Waals surface area contributed by atoms with Crippen molar-refractivity contribution >= 4 is 15.9 Å². The van der Waals surface area contributed by atoms with Gasteiger partial charge in [-0.1, -0.05) is 19.8 Å². The second kappa shape index (κ2) is 9.20. The fourth-order valence-electron chi connectivity index (χ4n) is 4.87. The number of amides is 1. The Balaban J connectivity index is 1.36. The van der Waals surface area contributed by atoms with E-state index in [1.165, 1.54) is 19.1 Å². The number of carbonyl (C=O) groups is 1. The number of sulfonamides is 1. The molecule has 3 fully saturated rings. The topological polar surface area (TPSA) is 73.0 Å². The first-order chi connectivity index (χ1) is 12.8. The maximum atomic E-state index is 12.4. The summed E-state index contributed by atoms with van der Waals surface area (Å²) in [6, 6.07) is 0.838. The van der Waals surface area contributed by atoms with Gasteiger partial charge in [-0.05, 0) is 31.6 Å². The Morgan fingerprint density at radius 3 is 2.26 bits per heavy atom. The lowest BCUT2D eigenvalue weighted by molar-refractivity contribution is -0.123. The van der Waals surface area contributed by atoms with E-state index >= 15 is 0 Å². The summed E-state index contributed by atoms with van der Waals surface area (Å²) < 4.78 is 24.9. The van der Waals surface area contributed by atoms with Crippen LogP contribution in [0.1, 0.15) is 45.4 Å². The first kappa shape index (κ1) is 21.0. The number of nitrogens with zero attached hydrogens (tertiary/aromatic N) is 3. The summed E-state index contributed by atoms with van der Waals surface area (Å²) in [5, 5.41) is 3.23. The van der Waals surface area contributed by atoms with Gasteiger partial charge in [-0.25, -0.2) is 12.7 Å². The number of piperidine rings is 1. The molecule has 0 aromatic rings. The Kier molecular flexibility index (Phi) is 7.16. The van der Waals surface area contributed by atoms with E-state index in [9.17, 15) is 13.2 Å². The van der Waals surface area contributed by atoms with E-state index < -0.39 is 10.0 Å². The molecule has 27 heavy (non-hydrogen) atoms. The highest BCUT2D eigenvalue weighted by atomic mass is 32.2. The Hall–Kier alpha value is -0.700. The normalized spacial score (nSPS) is 30.3. The zero-order chi connectivity index (χ0) is 19.4. The van der Waals surface area contributed by atoms with Crippen LogP contribution in [0.3, 0.4) is 0 Å². The second-order valence-corrected chi connectivity index (χ2v) is 10.7. The summed E-state index contributed by atoms with van der Waals surface area (Å²) in [7, 11) is -3.06. The van der Waals surface area contributed by atoms with E-state index in [1.54, 1.807) is 4.31 Å². The third kappa shape index (κ3) is 6.14. The predicted molar refractivity (Wildman–Crippen MR) is 107 cm³/mol. The number of hydrogen-bond donors (Lipinski definition) is 1. The minimum absolute atomic E-state index is 0.170. The van der Waals surface area contributed by atoms with Gasteiger partial charge in [0.15, 0.2) is 0 Å². The summed E-state index contributed by atoms with van der Waals surface area (Å²) in [6.07, 6.45) is 7.87. The van der Waals surface area contributed by atoms with E-state index in [0.29, 0.717) is 31.7 Å². The Morgan fingerprint density at radius 1 is 1.00 bits per heavy atom. The molecule has 8 heteroatoms. The van der Waals surface area contributed by atoms with Crippen molar-refractivity contribution in [2.45, 2.75) is 57.5 Å². The molecule has 1 aliphatic carbocycles. The van der Waals surface area contributed by atoms with Gasteiger partial charge in [-0.3, -0.25) is 14.6 Å². The van der Waals surface area contributed by atoms with Crippen molar-refractivity contribution in [3.63, 3.8) is 0 Å². The molecule has 3 aliphatic rings. The van der Waals surface area contributed by atoms with Gasteiger partial charge in [0.2, 0.25) is 15.9 Å². The molecule has 0 aromatic carbocycles. The minimum Gasteiger partial charge on any atom is -0.352 e. The molecule has 156 valence electrons. The van der Waals surface area contributed by atoms with Gasteiger partial charge in [-0.2, -0.15) is 0 Å². The molecular weight excluding hydrogens is 364 g/mol. The van der Waals surface area contributed by atoms with Crippen molar-refractivity contribution < 1.29 is 13.2 Å². The standard InChI is InChI=1S/C19H36N4O3S/c1-16-4-3-5-17(14-16)20-19(24)15-21-10-12-22(13-11-21)18-6-8-23(9-7-18)27(2,25)26/h16-18H,3-15H2,1-2H3,(H,20,24)/t16-,17-/m0/s1.